The third-order valence-electron chi connectivity index (χ3n) is 3.52. The highest BCUT2D eigenvalue weighted by Gasteiger charge is 2.02. The van der Waals surface area contributed by atoms with Gasteiger partial charge in [0.1, 0.15) is 0 Å². The van der Waals surface area contributed by atoms with Gasteiger partial charge in [0.25, 0.3) is 0 Å². The van der Waals surface area contributed by atoms with Gasteiger partial charge in [0.05, 0.1) is 0 Å². The number of hydrogen-bond donors (Lipinski definition) is 1. The summed E-state index contributed by atoms with van der Waals surface area (Å²) in [6.07, 6.45) is 4.80. The summed E-state index contributed by atoms with van der Waals surface area (Å²) in [5.74, 6) is 0. The molecular weight excluding hydrogens is 258 g/mol. The quantitative estimate of drug-likeness (QED) is 0.755. The third-order valence-corrected chi connectivity index (χ3v) is 3.52. The molecular formula is C18H25N3. The Morgan fingerprint density at radius 3 is 2.10 bits per heavy atom. The molecule has 0 atom stereocenters. The maximum Gasteiger partial charge on any atom is 0.0271 e. The van der Waals surface area contributed by atoms with Gasteiger partial charge in [0, 0.05) is 25.5 Å². The fraction of sp³-hybridized carbons (Fsp3) is 0.389. The van der Waals surface area contributed by atoms with Crippen molar-refractivity contribution in [1.82, 2.24) is 15.2 Å². The molecule has 0 saturated heterocycles. The molecule has 0 aliphatic rings. The van der Waals surface area contributed by atoms with Gasteiger partial charge in [-0.3, -0.25) is 9.88 Å². The molecule has 0 bridgehead atoms. The van der Waals surface area contributed by atoms with Crippen LogP contribution in [0.5, 0.6) is 0 Å². The number of likely N-dealkylation sites (N-methyl/N-ethyl adjacent to an activating group) is 1. The average Bonchev–Trinajstić information content (AvgIpc) is 2.50. The summed E-state index contributed by atoms with van der Waals surface area (Å²) in [7, 11) is 2.15. The first-order valence-electron chi connectivity index (χ1n) is 7.64. The molecule has 0 spiro atoms. The highest BCUT2D eigenvalue weighted by Crippen LogP contribution is 2.09. The molecule has 0 radical (unpaired) electrons. The van der Waals surface area contributed by atoms with E-state index in [0.29, 0.717) is 0 Å². The van der Waals surface area contributed by atoms with Crippen molar-refractivity contribution in [3.8, 4) is 0 Å². The van der Waals surface area contributed by atoms with Gasteiger partial charge in [-0.1, -0.05) is 31.2 Å². The number of hydrogen-bond acceptors (Lipinski definition) is 3. The Balaban J connectivity index is 1.82. The topological polar surface area (TPSA) is 28.2 Å². The summed E-state index contributed by atoms with van der Waals surface area (Å²) in [6, 6.07) is 13.1. The van der Waals surface area contributed by atoms with Crippen molar-refractivity contribution >= 4 is 0 Å². The predicted molar refractivity (Wildman–Crippen MR) is 88.1 cm³/mol. The molecule has 2 rings (SSSR count). The Morgan fingerprint density at radius 2 is 1.48 bits per heavy atom. The van der Waals surface area contributed by atoms with E-state index in [1.165, 1.54) is 16.7 Å². The second-order valence-electron chi connectivity index (χ2n) is 5.45. The van der Waals surface area contributed by atoms with Gasteiger partial charge in [0.2, 0.25) is 0 Å². The summed E-state index contributed by atoms with van der Waals surface area (Å²) >= 11 is 0. The van der Waals surface area contributed by atoms with Crippen LogP contribution in [0.3, 0.4) is 0 Å². The molecule has 112 valence electrons. The first-order chi connectivity index (χ1) is 10.3. The summed E-state index contributed by atoms with van der Waals surface area (Å²) in [5, 5.41) is 3.36. The molecule has 0 unspecified atom stereocenters. The van der Waals surface area contributed by atoms with Crippen LogP contribution < -0.4 is 5.32 Å². The summed E-state index contributed by atoms with van der Waals surface area (Å²) in [4.78, 5) is 6.38. The number of benzene rings is 1. The Bertz CT molecular complexity index is 508. The van der Waals surface area contributed by atoms with Crippen LogP contribution >= 0.6 is 0 Å². The molecule has 0 fully saturated rings. The average molecular weight is 283 g/mol. The van der Waals surface area contributed by atoms with Gasteiger partial charge >= 0.3 is 0 Å². The maximum absolute atomic E-state index is 4.05. The van der Waals surface area contributed by atoms with Crippen LogP contribution in [-0.2, 0) is 19.5 Å². The lowest BCUT2D eigenvalue weighted by Crippen LogP contribution is -2.17. The van der Waals surface area contributed by atoms with Crippen molar-refractivity contribution in [2.75, 3.05) is 20.1 Å². The van der Waals surface area contributed by atoms with E-state index < -0.39 is 0 Å². The summed E-state index contributed by atoms with van der Waals surface area (Å²) in [6.45, 7) is 6.15. The van der Waals surface area contributed by atoms with E-state index >= 15 is 0 Å². The predicted octanol–water partition coefficient (Wildman–Crippen LogP) is 2.87. The van der Waals surface area contributed by atoms with Crippen LogP contribution in [-0.4, -0.2) is 30.0 Å². The zero-order chi connectivity index (χ0) is 14.9. The van der Waals surface area contributed by atoms with Crippen molar-refractivity contribution in [1.29, 1.82) is 0 Å². The molecule has 3 nitrogen and oxygen atoms in total. The molecule has 0 aliphatic carbocycles. The minimum atomic E-state index is 0.949. The van der Waals surface area contributed by atoms with E-state index in [9.17, 15) is 0 Å². The minimum absolute atomic E-state index is 0.949. The van der Waals surface area contributed by atoms with E-state index in [2.05, 4.69) is 65.6 Å². The first kappa shape index (κ1) is 15.7. The normalized spacial score (nSPS) is 11.0. The van der Waals surface area contributed by atoms with Gasteiger partial charge in [-0.25, -0.2) is 0 Å². The van der Waals surface area contributed by atoms with Gasteiger partial charge < -0.3 is 5.32 Å². The molecule has 1 aromatic carbocycles. The number of rotatable bonds is 8. The Labute approximate surface area is 128 Å². The second-order valence-corrected chi connectivity index (χ2v) is 5.45. The van der Waals surface area contributed by atoms with Crippen LogP contribution in [0.15, 0.2) is 48.8 Å². The number of pyridine rings is 1. The van der Waals surface area contributed by atoms with E-state index in [1.807, 2.05) is 12.4 Å². The number of nitrogens with zero attached hydrogens (tertiary/aromatic N) is 2. The van der Waals surface area contributed by atoms with Crippen molar-refractivity contribution in [2.45, 2.75) is 26.4 Å². The molecule has 21 heavy (non-hydrogen) atoms. The number of aromatic nitrogens is 1. The van der Waals surface area contributed by atoms with Gasteiger partial charge in [-0.2, -0.15) is 0 Å². The fourth-order valence-electron chi connectivity index (χ4n) is 2.39. The Hall–Kier alpha value is -1.71. The smallest absolute Gasteiger partial charge is 0.0271 e. The highest BCUT2D eigenvalue weighted by molar-refractivity contribution is 5.23. The second kappa shape index (κ2) is 8.55. The van der Waals surface area contributed by atoms with Gasteiger partial charge in [0.15, 0.2) is 0 Å². The standard InChI is InChI=1S/C18H25N3/c1-3-19-11-8-16-4-6-17(7-5-16)14-21(2)15-18-9-12-20-13-10-18/h4-7,9-10,12-13,19H,3,8,11,14-15H2,1-2H3. The Morgan fingerprint density at radius 1 is 0.905 bits per heavy atom. The highest BCUT2D eigenvalue weighted by atomic mass is 15.1. The minimum Gasteiger partial charge on any atom is -0.317 e. The Kier molecular flexibility index (Phi) is 6.38. The SMILES string of the molecule is CCNCCc1ccc(CN(C)Cc2ccncc2)cc1. The van der Waals surface area contributed by atoms with Crippen molar-refractivity contribution < 1.29 is 0 Å². The number of nitrogens with one attached hydrogen (secondary N) is 1. The van der Waals surface area contributed by atoms with Gasteiger partial charge in [-0.05, 0) is 55.4 Å². The largest absolute Gasteiger partial charge is 0.317 e. The molecule has 1 heterocycles. The van der Waals surface area contributed by atoms with E-state index in [-0.39, 0.29) is 0 Å². The van der Waals surface area contributed by atoms with E-state index in [0.717, 1.165) is 32.6 Å². The van der Waals surface area contributed by atoms with Crippen molar-refractivity contribution in [2.24, 2.45) is 0 Å². The summed E-state index contributed by atoms with van der Waals surface area (Å²) < 4.78 is 0. The van der Waals surface area contributed by atoms with Crippen LogP contribution in [0.2, 0.25) is 0 Å². The van der Waals surface area contributed by atoms with Crippen LogP contribution in [0.25, 0.3) is 0 Å². The van der Waals surface area contributed by atoms with E-state index in [1.54, 1.807) is 0 Å². The maximum atomic E-state index is 4.05. The van der Waals surface area contributed by atoms with Crippen molar-refractivity contribution in [3.63, 3.8) is 0 Å². The van der Waals surface area contributed by atoms with Crippen molar-refractivity contribution in [3.05, 3.63) is 65.5 Å². The van der Waals surface area contributed by atoms with Crippen LogP contribution in [0, 0.1) is 0 Å². The zero-order valence-electron chi connectivity index (χ0n) is 13.0. The molecule has 0 saturated carbocycles. The van der Waals surface area contributed by atoms with E-state index in [4.69, 9.17) is 0 Å². The van der Waals surface area contributed by atoms with Gasteiger partial charge in [-0.15, -0.1) is 0 Å². The molecule has 3 heteroatoms. The zero-order valence-corrected chi connectivity index (χ0v) is 13.0. The molecule has 0 amide bonds. The van der Waals surface area contributed by atoms with Crippen LogP contribution in [0.4, 0.5) is 0 Å². The lowest BCUT2D eigenvalue weighted by Gasteiger charge is -2.17. The molecule has 2 aromatic rings. The lowest BCUT2D eigenvalue weighted by molar-refractivity contribution is 0.319. The first-order valence-corrected chi connectivity index (χ1v) is 7.64. The monoisotopic (exact) mass is 283 g/mol. The fourth-order valence-corrected chi connectivity index (χ4v) is 2.39. The van der Waals surface area contributed by atoms with Crippen LogP contribution in [0.1, 0.15) is 23.6 Å². The lowest BCUT2D eigenvalue weighted by atomic mass is 10.1. The third kappa shape index (κ3) is 5.66. The molecule has 1 N–H and O–H groups in total. The summed E-state index contributed by atoms with van der Waals surface area (Å²) in [5.41, 5.74) is 4.06. The molecule has 0 aliphatic heterocycles. The molecule has 1 aromatic heterocycles.